The van der Waals surface area contributed by atoms with Gasteiger partial charge >= 0.3 is 5.97 Å². The molecule has 0 unspecified atom stereocenters. The van der Waals surface area contributed by atoms with Gasteiger partial charge in [-0.25, -0.2) is 4.79 Å². The molecule has 2 rings (SSSR count). The molecule has 1 aliphatic heterocycles. The Hall–Kier alpha value is -2.75. The van der Waals surface area contributed by atoms with Crippen molar-refractivity contribution in [2.45, 2.75) is 78.7 Å². The van der Waals surface area contributed by atoms with Crippen molar-refractivity contribution < 1.29 is 19.7 Å². The Morgan fingerprint density at radius 3 is 2.45 bits per heavy atom. The zero-order valence-corrected chi connectivity index (χ0v) is 19.5. The molecule has 168 valence electrons. The second-order valence-corrected chi connectivity index (χ2v) is 8.91. The summed E-state index contributed by atoms with van der Waals surface area (Å²) in [5, 5.41) is 19.1. The van der Waals surface area contributed by atoms with Gasteiger partial charge in [-0.05, 0) is 96.9 Å². The normalized spacial score (nSPS) is 18.4. The molecule has 0 fully saturated rings. The molecule has 1 heterocycles. The molecular formula is C27H36O4. The first kappa shape index (κ1) is 24.5. The van der Waals surface area contributed by atoms with Gasteiger partial charge in [0, 0.05) is 11.1 Å². The number of allylic oxidation sites excluding steroid dienone is 5. The third-order valence-corrected chi connectivity index (χ3v) is 5.54. The fraction of sp³-hybridized carbons (Fsp3) is 0.444. The number of benzene rings is 1. The smallest absolute Gasteiger partial charge is 0.331 e. The lowest BCUT2D eigenvalue weighted by Crippen LogP contribution is -2.32. The molecule has 4 nitrogen and oxygen atoms in total. The number of carboxylic acid groups (broad SMARTS) is 1. The number of phenolic OH excluding ortho intramolecular Hbond substituents is 1. The molecule has 0 aromatic heterocycles. The molecule has 4 heteroatoms. The Morgan fingerprint density at radius 2 is 1.77 bits per heavy atom. The van der Waals surface area contributed by atoms with Crippen molar-refractivity contribution in [3.05, 3.63) is 64.3 Å². The molecule has 0 aliphatic carbocycles. The van der Waals surface area contributed by atoms with E-state index < -0.39 is 5.97 Å². The van der Waals surface area contributed by atoms with Crippen LogP contribution in [-0.4, -0.2) is 21.8 Å². The number of carboxylic acids is 1. The highest BCUT2D eigenvalue weighted by Crippen LogP contribution is 2.38. The van der Waals surface area contributed by atoms with Gasteiger partial charge in [-0.15, -0.1) is 0 Å². The number of carbonyl (C=O) groups is 1. The van der Waals surface area contributed by atoms with Gasteiger partial charge < -0.3 is 14.9 Å². The number of aryl methyl sites for hydroxylation is 1. The van der Waals surface area contributed by atoms with E-state index in [-0.39, 0.29) is 11.4 Å². The molecule has 0 saturated heterocycles. The SMILES string of the molecule is CC(C)=CCC/C(=C/CC/C(C)=C\CC[C@]1(C)C=Cc2cc(O)cc(C)c2O1)C(=O)O. The summed E-state index contributed by atoms with van der Waals surface area (Å²) >= 11 is 0. The van der Waals surface area contributed by atoms with E-state index >= 15 is 0 Å². The van der Waals surface area contributed by atoms with E-state index in [9.17, 15) is 15.0 Å². The molecule has 1 aliphatic rings. The highest BCUT2D eigenvalue weighted by Gasteiger charge is 2.27. The summed E-state index contributed by atoms with van der Waals surface area (Å²) in [6.45, 7) is 10.2. The van der Waals surface area contributed by atoms with Crippen molar-refractivity contribution in [2.24, 2.45) is 0 Å². The van der Waals surface area contributed by atoms with Crippen molar-refractivity contribution >= 4 is 12.0 Å². The highest BCUT2D eigenvalue weighted by atomic mass is 16.5. The quantitative estimate of drug-likeness (QED) is 0.310. The van der Waals surface area contributed by atoms with E-state index in [0.29, 0.717) is 12.0 Å². The van der Waals surface area contributed by atoms with Gasteiger partial charge in [-0.1, -0.05) is 35.5 Å². The largest absolute Gasteiger partial charge is 0.508 e. The Bertz CT molecular complexity index is 913. The molecule has 0 spiro atoms. The van der Waals surface area contributed by atoms with E-state index in [4.69, 9.17) is 4.74 Å². The topological polar surface area (TPSA) is 66.8 Å². The molecule has 1 aromatic rings. The van der Waals surface area contributed by atoms with Gasteiger partial charge in [0.15, 0.2) is 0 Å². The first-order chi connectivity index (χ1) is 14.6. The van der Waals surface area contributed by atoms with Crippen molar-refractivity contribution in [3.8, 4) is 11.5 Å². The van der Waals surface area contributed by atoms with Crippen LogP contribution in [0.25, 0.3) is 6.08 Å². The average Bonchev–Trinajstić information content (AvgIpc) is 2.67. The molecule has 0 radical (unpaired) electrons. The summed E-state index contributed by atoms with van der Waals surface area (Å²) in [5.74, 6) is 0.272. The summed E-state index contributed by atoms with van der Waals surface area (Å²) in [7, 11) is 0. The van der Waals surface area contributed by atoms with Gasteiger partial charge in [0.1, 0.15) is 17.1 Å². The van der Waals surface area contributed by atoms with Crippen LogP contribution in [0.2, 0.25) is 0 Å². The number of hydrogen-bond acceptors (Lipinski definition) is 3. The standard InChI is InChI=1S/C27H36O4/c1-19(2)9-6-12-22(26(29)30)13-7-10-20(3)11-8-15-27(5)16-14-23-18-24(28)17-21(4)25(23)31-27/h9,11,13-14,16-18,28H,6-8,10,12,15H2,1-5H3,(H,29,30)/b20-11-,22-13-/t27-/m1/s1. The molecule has 1 aromatic carbocycles. The number of aromatic hydroxyl groups is 1. The Labute approximate surface area is 186 Å². The summed E-state index contributed by atoms with van der Waals surface area (Å²) in [5.41, 5.74) is 4.43. The molecule has 31 heavy (non-hydrogen) atoms. The van der Waals surface area contributed by atoms with Crippen molar-refractivity contribution in [1.82, 2.24) is 0 Å². The third-order valence-electron chi connectivity index (χ3n) is 5.54. The monoisotopic (exact) mass is 424 g/mol. The van der Waals surface area contributed by atoms with Crippen LogP contribution in [0.1, 0.15) is 77.3 Å². The Balaban J connectivity index is 1.87. The predicted molar refractivity (Wildman–Crippen MR) is 128 cm³/mol. The lowest BCUT2D eigenvalue weighted by atomic mass is 9.93. The lowest BCUT2D eigenvalue weighted by molar-refractivity contribution is -0.132. The number of phenols is 1. The van der Waals surface area contributed by atoms with Crippen LogP contribution >= 0.6 is 0 Å². The van der Waals surface area contributed by atoms with Crippen molar-refractivity contribution in [3.63, 3.8) is 0 Å². The molecule has 0 amide bonds. The zero-order valence-electron chi connectivity index (χ0n) is 19.5. The van der Waals surface area contributed by atoms with Gasteiger partial charge in [0.2, 0.25) is 0 Å². The Kier molecular flexibility index (Phi) is 8.73. The van der Waals surface area contributed by atoms with E-state index in [1.165, 1.54) is 11.1 Å². The predicted octanol–water partition coefficient (Wildman–Crippen LogP) is 7.13. The molecule has 0 saturated carbocycles. The summed E-state index contributed by atoms with van der Waals surface area (Å²) in [6.07, 6.45) is 14.9. The van der Waals surface area contributed by atoms with Gasteiger partial charge in [-0.2, -0.15) is 0 Å². The van der Waals surface area contributed by atoms with Crippen molar-refractivity contribution in [1.29, 1.82) is 0 Å². The minimum Gasteiger partial charge on any atom is -0.508 e. The third kappa shape index (κ3) is 7.78. The maximum Gasteiger partial charge on any atom is 0.331 e. The molecule has 2 N–H and O–H groups in total. The van der Waals surface area contributed by atoms with Crippen LogP contribution < -0.4 is 4.74 Å². The summed E-state index contributed by atoms with van der Waals surface area (Å²) in [4.78, 5) is 11.4. The number of ether oxygens (including phenoxy) is 1. The van der Waals surface area contributed by atoms with Crippen molar-refractivity contribution in [2.75, 3.05) is 0 Å². The highest BCUT2D eigenvalue weighted by molar-refractivity contribution is 5.86. The van der Waals surface area contributed by atoms with Gasteiger partial charge in [0.05, 0.1) is 0 Å². The lowest BCUT2D eigenvalue weighted by Gasteiger charge is -2.32. The number of hydrogen-bond donors (Lipinski definition) is 2. The summed E-state index contributed by atoms with van der Waals surface area (Å²) < 4.78 is 6.27. The molecular weight excluding hydrogens is 388 g/mol. The van der Waals surface area contributed by atoms with E-state index in [2.05, 4.69) is 32.1 Å². The first-order valence-corrected chi connectivity index (χ1v) is 11.0. The second-order valence-electron chi connectivity index (χ2n) is 8.91. The molecule has 1 atom stereocenters. The number of aliphatic carboxylic acids is 1. The van der Waals surface area contributed by atoms with E-state index in [1.807, 2.05) is 32.9 Å². The van der Waals surface area contributed by atoms with Crippen LogP contribution in [0.15, 0.2) is 53.2 Å². The van der Waals surface area contributed by atoms with Crippen LogP contribution in [0, 0.1) is 6.92 Å². The van der Waals surface area contributed by atoms with Crippen LogP contribution in [-0.2, 0) is 4.79 Å². The second kappa shape index (κ2) is 11.0. The minimum atomic E-state index is -0.818. The fourth-order valence-electron chi connectivity index (χ4n) is 3.71. The average molecular weight is 425 g/mol. The van der Waals surface area contributed by atoms with Crippen LogP contribution in [0.4, 0.5) is 0 Å². The fourth-order valence-corrected chi connectivity index (χ4v) is 3.71. The molecule has 0 bridgehead atoms. The Morgan fingerprint density at radius 1 is 1.06 bits per heavy atom. The number of fused-ring (bicyclic) bond motifs is 1. The number of rotatable bonds is 10. The van der Waals surface area contributed by atoms with Gasteiger partial charge in [-0.3, -0.25) is 0 Å². The zero-order chi connectivity index (χ0) is 23.0. The maximum absolute atomic E-state index is 11.4. The first-order valence-electron chi connectivity index (χ1n) is 11.0. The van der Waals surface area contributed by atoms with Gasteiger partial charge in [0.25, 0.3) is 0 Å². The van der Waals surface area contributed by atoms with Crippen LogP contribution in [0.3, 0.4) is 0 Å². The maximum atomic E-state index is 11.4. The minimum absolute atomic E-state index is 0.253. The van der Waals surface area contributed by atoms with E-state index in [0.717, 1.165) is 49.0 Å². The van der Waals surface area contributed by atoms with E-state index in [1.54, 1.807) is 12.1 Å². The summed E-state index contributed by atoms with van der Waals surface area (Å²) in [6, 6.07) is 3.45. The van der Waals surface area contributed by atoms with Crippen LogP contribution in [0.5, 0.6) is 11.5 Å².